The van der Waals surface area contributed by atoms with Crippen molar-refractivity contribution in [2.45, 2.75) is 13.0 Å². The Balaban J connectivity index is 1.65. The molecule has 0 saturated carbocycles. The predicted octanol–water partition coefficient (Wildman–Crippen LogP) is 3.29. The van der Waals surface area contributed by atoms with E-state index in [0.717, 1.165) is 60.2 Å². The number of aliphatic hydroxyl groups is 1. The van der Waals surface area contributed by atoms with Crippen LogP contribution in [0.1, 0.15) is 18.5 Å². The lowest BCUT2D eigenvalue weighted by Gasteiger charge is -2.38. The van der Waals surface area contributed by atoms with E-state index in [1.165, 1.54) is 12.1 Å². The number of hydrogen-bond acceptors (Lipinski definition) is 5. The molecule has 1 saturated heterocycles. The van der Waals surface area contributed by atoms with Gasteiger partial charge in [0.05, 0.1) is 6.61 Å². The zero-order chi connectivity index (χ0) is 20.4. The van der Waals surface area contributed by atoms with E-state index in [-0.39, 0.29) is 18.5 Å². The molecule has 2 aromatic carbocycles. The third-order valence-electron chi connectivity index (χ3n) is 5.93. The van der Waals surface area contributed by atoms with Gasteiger partial charge in [-0.05, 0) is 47.2 Å². The van der Waals surface area contributed by atoms with E-state index in [9.17, 15) is 4.39 Å². The number of pyridine rings is 1. The minimum atomic E-state index is -0.253. The van der Waals surface area contributed by atoms with Crippen LogP contribution in [0.2, 0.25) is 0 Å². The first-order chi connectivity index (χ1) is 14.1. The van der Waals surface area contributed by atoms with Gasteiger partial charge < -0.3 is 10.8 Å². The molecule has 0 aliphatic carbocycles. The van der Waals surface area contributed by atoms with Crippen LogP contribution in [-0.2, 0) is 0 Å². The highest BCUT2D eigenvalue weighted by atomic mass is 19.1. The van der Waals surface area contributed by atoms with Crippen LogP contribution in [0.15, 0.2) is 48.7 Å². The topological polar surface area (TPSA) is 65.6 Å². The van der Waals surface area contributed by atoms with Crippen molar-refractivity contribution in [3.05, 3.63) is 60.0 Å². The summed E-state index contributed by atoms with van der Waals surface area (Å²) in [5.41, 5.74) is 9.10. The van der Waals surface area contributed by atoms with Gasteiger partial charge >= 0.3 is 0 Å². The molecule has 3 N–H and O–H groups in total. The highest BCUT2D eigenvalue weighted by molar-refractivity contribution is 5.96. The van der Waals surface area contributed by atoms with Gasteiger partial charge in [0.2, 0.25) is 0 Å². The van der Waals surface area contributed by atoms with Crippen LogP contribution in [0.4, 0.5) is 10.2 Å². The maximum atomic E-state index is 13.6. The minimum absolute atomic E-state index is 0.204. The lowest BCUT2D eigenvalue weighted by Crippen LogP contribution is -2.47. The summed E-state index contributed by atoms with van der Waals surface area (Å²) in [7, 11) is 0. The second kappa shape index (κ2) is 8.45. The van der Waals surface area contributed by atoms with Crippen molar-refractivity contribution >= 4 is 16.6 Å². The Labute approximate surface area is 170 Å². The summed E-state index contributed by atoms with van der Waals surface area (Å²) in [6, 6.07) is 12.9. The minimum Gasteiger partial charge on any atom is -0.395 e. The number of nitrogens with two attached hydrogens (primary N) is 1. The van der Waals surface area contributed by atoms with Crippen molar-refractivity contribution in [3.8, 4) is 11.1 Å². The molecule has 2 heterocycles. The van der Waals surface area contributed by atoms with Gasteiger partial charge in [0.15, 0.2) is 0 Å². The number of rotatable bonds is 5. The summed E-state index contributed by atoms with van der Waals surface area (Å²) in [6.07, 6.45) is 1.88. The van der Waals surface area contributed by atoms with Crippen molar-refractivity contribution in [3.63, 3.8) is 0 Å². The van der Waals surface area contributed by atoms with Crippen LogP contribution in [-0.4, -0.2) is 59.2 Å². The number of nitrogen functional groups attached to an aromatic ring is 1. The first kappa shape index (κ1) is 19.8. The van der Waals surface area contributed by atoms with Crippen LogP contribution in [0.5, 0.6) is 0 Å². The Bertz CT molecular complexity index is 1000. The number of piperazine rings is 1. The maximum Gasteiger partial charge on any atom is 0.131 e. The molecule has 1 aliphatic heterocycles. The molecule has 1 aliphatic rings. The first-order valence-electron chi connectivity index (χ1n) is 10.1. The Hall–Kier alpha value is -2.54. The summed E-state index contributed by atoms with van der Waals surface area (Å²) >= 11 is 0. The number of benzene rings is 2. The number of fused-ring (bicyclic) bond motifs is 1. The monoisotopic (exact) mass is 394 g/mol. The fourth-order valence-electron chi connectivity index (χ4n) is 4.18. The molecule has 6 heteroatoms. The quantitative estimate of drug-likeness (QED) is 0.695. The fourth-order valence-corrected chi connectivity index (χ4v) is 4.18. The smallest absolute Gasteiger partial charge is 0.131 e. The van der Waals surface area contributed by atoms with Gasteiger partial charge in [-0.1, -0.05) is 24.3 Å². The average molecular weight is 394 g/mol. The average Bonchev–Trinajstić information content (AvgIpc) is 2.74. The second-order valence-electron chi connectivity index (χ2n) is 7.65. The zero-order valence-electron chi connectivity index (χ0n) is 16.7. The molecule has 0 amide bonds. The largest absolute Gasteiger partial charge is 0.395 e. The van der Waals surface area contributed by atoms with Crippen LogP contribution in [0.3, 0.4) is 0 Å². The Morgan fingerprint density at radius 3 is 2.55 bits per heavy atom. The summed E-state index contributed by atoms with van der Waals surface area (Å²) in [6.45, 7) is 6.95. The number of halogens is 1. The Morgan fingerprint density at radius 2 is 1.83 bits per heavy atom. The number of aromatic nitrogens is 1. The van der Waals surface area contributed by atoms with E-state index in [1.54, 1.807) is 6.07 Å². The molecule has 3 aromatic rings. The number of β-amino-alcohol motifs (C(OH)–C–C–N with tert-alkyl or cyclic N) is 1. The van der Waals surface area contributed by atoms with E-state index < -0.39 is 0 Å². The number of anilines is 1. The van der Waals surface area contributed by atoms with Crippen molar-refractivity contribution in [2.75, 3.05) is 45.1 Å². The maximum absolute atomic E-state index is 13.6. The molecular weight excluding hydrogens is 367 g/mol. The van der Waals surface area contributed by atoms with Gasteiger partial charge in [0.1, 0.15) is 11.6 Å². The van der Waals surface area contributed by atoms with Crippen LogP contribution >= 0.6 is 0 Å². The molecule has 0 radical (unpaired) electrons. The fraction of sp³-hybridized carbons (Fsp3) is 0.348. The molecule has 0 bridgehead atoms. The number of nitrogens with zero attached hydrogens (tertiary/aromatic N) is 3. The van der Waals surface area contributed by atoms with Gasteiger partial charge in [0.25, 0.3) is 0 Å². The van der Waals surface area contributed by atoms with E-state index in [0.29, 0.717) is 5.82 Å². The zero-order valence-corrected chi connectivity index (χ0v) is 16.7. The van der Waals surface area contributed by atoms with Gasteiger partial charge in [-0.2, -0.15) is 0 Å². The Kier molecular flexibility index (Phi) is 5.76. The van der Waals surface area contributed by atoms with E-state index in [4.69, 9.17) is 10.8 Å². The second-order valence-corrected chi connectivity index (χ2v) is 7.65. The van der Waals surface area contributed by atoms with Gasteiger partial charge in [-0.25, -0.2) is 9.37 Å². The first-order valence-corrected chi connectivity index (χ1v) is 10.1. The summed E-state index contributed by atoms with van der Waals surface area (Å²) in [5, 5.41) is 11.1. The third-order valence-corrected chi connectivity index (χ3v) is 5.93. The number of aliphatic hydroxyl groups excluding tert-OH is 1. The summed E-state index contributed by atoms with van der Waals surface area (Å²) < 4.78 is 13.6. The third kappa shape index (κ3) is 4.10. The van der Waals surface area contributed by atoms with Gasteiger partial charge in [0, 0.05) is 50.3 Å². The molecule has 1 fully saturated rings. The lowest BCUT2D eigenvalue weighted by molar-refractivity contribution is 0.0891. The summed E-state index contributed by atoms with van der Waals surface area (Å²) in [5.74, 6) is 0.235. The molecule has 152 valence electrons. The highest BCUT2D eigenvalue weighted by Gasteiger charge is 2.23. The highest BCUT2D eigenvalue weighted by Crippen LogP contribution is 2.33. The van der Waals surface area contributed by atoms with Gasteiger partial charge in [-0.3, -0.25) is 9.80 Å². The molecule has 1 unspecified atom stereocenters. The molecule has 0 spiro atoms. The van der Waals surface area contributed by atoms with Crippen LogP contribution in [0.25, 0.3) is 21.9 Å². The lowest BCUT2D eigenvalue weighted by atomic mass is 9.96. The van der Waals surface area contributed by atoms with Gasteiger partial charge in [-0.15, -0.1) is 0 Å². The molecule has 29 heavy (non-hydrogen) atoms. The SMILES string of the molecule is CC(c1cnc(N)c2cc(-c3cccc(F)c3)ccc12)N1CCN(CCO)CC1. The van der Waals surface area contributed by atoms with E-state index >= 15 is 0 Å². The van der Waals surface area contributed by atoms with E-state index in [2.05, 4.69) is 27.8 Å². The Morgan fingerprint density at radius 1 is 1.07 bits per heavy atom. The standard InChI is InChI=1S/C23H27FN4O/c1-16(28-9-7-27(8-10-28)11-12-29)22-15-26-23(25)21-14-18(5-6-20(21)22)17-3-2-4-19(24)13-17/h2-6,13-16,29H,7-12H2,1H3,(H2,25,26). The van der Waals surface area contributed by atoms with E-state index in [1.807, 2.05) is 24.4 Å². The summed E-state index contributed by atoms with van der Waals surface area (Å²) in [4.78, 5) is 9.18. The molecule has 1 aromatic heterocycles. The van der Waals surface area contributed by atoms with Crippen molar-refractivity contribution in [1.82, 2.24) is 14.8 Å². The van der Waals surface area contributed by atoms with Crippen molar-refractivity contribution < 1.29 is 9.50 Å². The van der Waals surface area contributed by atoms with Crippen LogP contribution < -0.4 is 5.73 Å². The van der Waals surface area contributed by atoms with Crippen LogP contribution in [0, 0.1) is 5.82 Å². The normalized spacial score (nSPS) is 16.9. The molecular formula is C23H27FN4O. The number of hydrogen-bond donors (Lipinski definition) is 2. The molecule has 5 nitrogen and oxygen atoms in total. The van der Waals surface area contributed by atoms with Crippen molar-refractivity contribution in [1.29, 1.82) is 0 Å². The molecule has 1 atom stereocenters. The molecule has 4 rings (SSSR count). The predicted molar refractivity (Wildman–Crippen MR) is 115 cm³/mol. The van der Waals surface area contributed by atoms with Crippen molar-refractivity contribution in [2.24, 2.45) is 0 Å².